The maximum atomic E-state index is 13.8. The van der Waals surface area contributed by atoms with Crippen LogP contribution in [0.5, 0.6) is 5.75 Å². The van der Waals surface area contributed by atoms with E-state index in [2.05, 4.69) is 17.2 Å². The highest BCUT2D eigenvalue weighted by Crippen LogP contribution is 2.33. The van der Waals surface area contributed by atoms with E-state index in [4.69, 9.17) is 4.74 Å². The van der Waals surface area contributed by atoms with Gasteiger partial charge in [0.05, 0.1) is 17.4 Å². The third-order valence-electron chi connectivity index (χ3n) is 7.67. The number of hydrogen-bond acceptors (Lipinski definition) is 5. The summed E-state index contributed by atoms with van der Waals surface area (Å²) in [5.41, 5.74) is 2.43. The molecule has 1 aromatic heterocycles. The van der Waals surface area contributed by atoms with Crippen molar-refractivity contribution in [2.45, 2.75) is 31.7 Å². The molecular weight excluding hydrogens is 536 g/mol. The van der Waals surface area contributed by atoms with Gasteiger partial charge >= 0.3 is 11.7 Å². The number of piperazine rings is 1. The number of anilines is 1. The standard InChI is InChI=1S/C31H28F4N4O2/c32-27-11-10-21(16-26(27)31(33,34)35)20-37-12-14-38(15-13-37)28-19-36-39(24-8-2-1-3-9-24)30(40)29(28)41-25-17-22-6-4-5-7-23(22)18-25/h1-11,16,19,25H,12-15,17-18,20H2. The molecule has 0 bridgehead atoms. The zero-order valence-corrected chi connectivity index (χ0v) is 22.1. The number of rotatable bonds is 6. The van der Waals surface area contributed by atoms with Crippen molar-refractivity contribution >= 4 is 5.69 Å². The molecule has 0 amide bonds. The Kier molecular flexibility index (Phi) is 7.25. The van der Waals surface area contributed by atoms with Gasteiger partial charge in [0.1, 0.15) is 17.6 Å². The number of aromatic nitrogens is 2. The topological polar surface area (TPSA) is 50.6 Å². The van der Waals surface area contributed by atoms with E-state index in [1.807, 2.05) is 52.3 Å². The fourth-order valence-corrected chi connectivity index (χ4v) is 5.58. The Hall–Kier alpha value is -4.18. The van der Waals surface area contributed by atoms with Crippen LogP contribution in [-0.4, -0.2) is 47.0 Å². The second-order valence-corrected chi connectivity index (χ2v) is 10.4. The highest BCUT2D eigenvalue weighted by atomic mass is 19.4. The summed E-state index contributed by atoms with van der Waals surface area (Å²) >= 11 is 0. The molecule has 0 saturated carbocycles. The quantitative estimate of drug-likeness (QED) is 0.299. The molecule has 41 heavy (non-hydrogen) atoms. The molecule has 1 aliphatic carbocycles. The zero-order valence-electron chi connectivity index (χ0n) is 22.1. The summed E-state index contributed by atoms with van der Waals surface area (Å²) < 4.78 is 61.0. The Morgan fingerprint density at radius 3 is 2.20 bits per heavy atom. The lowest BCUT2D eigenvalue weighted by Gasteiger charge is -2.36. The lowest BCUT2D eigenvalue weighted by Crippen LogP contribution is -2.46. The van der Waals surface area contributed by atoms with E-state index >= 15 is 0 Å². The van der Waals surface area contributed by atoms with E-state index in [-0.39, 0.29) is 24.0 Å². The Labute approximate surface area is 234 Å². The SMILES string of the molecule is O=c1c(OC2Cc3ccccc3C2)c(N2CCN(Cc3ccc(F)c(C(F)(F)F)c3)CC2)cnn1-c1ccccc1. The van der Waals surface area contributed by atoms with Gasteiger partial charge in [0.2, 0.25) is 5.75 Å². The maximum Gasteiger partial charge on any atom is 0.419 e. The van der Waals surface area contributed by atoms with Crippen LogP contribution in [0, 0.1) is 5.82 Å². The first-order chi connectivity index (χ1) is 19.8. The summed E-state index contributed by atoms with van der Waals surface area (Å²) in [5.74, 6) is -1.04. The first-order valence-electron chi connectivity index (χ1n) is 13.5. The van der Waals surface area contributed by atoms with Gasteiger partial charge in [-0.05, 0) is 41.0 Å². The van der Waals surface area contributed by atoms with Crippen molar-refractivity contribution in [1.29, 1.82) is 0 Å². The molecule has 3 aromatic carbocycles. The largest absolute Gasteiger partial charge is 0.482 e. The van der Waals surface area contributed by atoms with Crippen molar-refractivity contribution in [3.05, 3.63) is 117 Å². The summed E-state index contributed by atoms with van der Waals surface area (Å²) in [7, 11) is 0. The van der Waals surface area contributed by atoms with Crippen LogP contribution in [0.3, 0.4) is 0 Å². The molecule has 6 rings (SSSR count). The van der Waals surface area contributed by atoms with E-state index in [0.29, 0.717) is 56.0 Å². The highest BCUT2D eigenvalue weighted by molar-refractivity contribution is 5.57. The summed E-state index contributed by atoms with van der Waals surface area (Å²) in [6.07, 6.45) is -1.88. The molecule has 6 nitrogen and oxygen atoms in total. The molecule has 0 unspecified atom stereocenters. The number of para-hydroxylation sites is 1. The molecule has 0 N–H and O–H groups in total. The molecule has 1 fully saturated rings. The van der Waals surface area contributed by atoms with Crippen molar-refractivity contribution in [3.8, 4) is 11.4 Å². The van der Waals surface area contributed by atoms with Gasteiger partial charge in [0.25, 0.3) is 0 Å². The molecule has 2 aliphatic rings. The van der Waals surface area contributed by atoms with Gasteiger partial charge in [-0.1, -0.05) is 48.5 Å². The normalized spacial score (nSPS) is 16.1. The maximum absolute atomic E-state index is 13.8. The summed E-state index contributed by atoms with van der Waals surface area (Å²) in [6, 6.07) is 20.4. The summed E-state index contributed by atoms with van der Waals surface area (Å²) in [5, 5.41) is 4.45. The van der Waals surface area contributed by atoms with Crippen molar-refractivity contribution in [2.75, 3.05) is 31.1 Å². The second kappa shape index (κ2) is 11.0. The number of benzene rings is 3. The average Bonchev–Trinajstić information content (AvgIpc) is 3.38. The van der Waals surface area contributed by atoms with E-state index in [9.17, 15) is 22.4 Å². The van der Waals surface area contributed by atoms with Crippen LogP contribution in [0.25, 0.3) is 5.69 Å². The summed E-state index contributed by atoms with van der Waals surface area (Å²) in [4.78, 5) is 17.8. The fourth-order valence-electron chi connectivity index (χ4n) is 5.58. The van der Waals surface area contributed by atoms with Crippen LogP contribution >= 0.6 is 0 Å². The molecular formula is C31H28F4N4O2. The third kappa shape index (κ3) is 5.69. The highest BCUT2D eigenvalue weighted by Gasteiger charge is 2.34. The number of halogens is 4. The van der Waals surface area contributed by atoms with Crippen molar-refractivity contribution in [1.82, 2.24) is 14.7 Å². The monoisotopic (exact) mass is 564 g/mol. The third-order valence-corrected chi connectivity index (χ3v) is 7.67. The van der Waals surface area contributed by atoms with Crippen LogP contribution in [-0.2, 0) is 25.6 Å². The van der Waals surface area contributed by atoms with E-state index < -0.39 is 17.6 Å². The van der Waals surface area contributed by atoms with Crippen LogP contribution in [0.1, 0.15) is 22.3 Å². The van der Waals surface area contributed by atoms with E-state index in [1.165, 1.54) is 21.9 Å². The van der Waals surface area contributed by atoms with Gasteiger partial charge in [-0.25, -0.2) is 4.39 Å². The minimum absolute atomic E-state index is 0.187. The van der Waals surface area contributed by atoms with Crippen LogP contribution in [0.15, 0.2) is 83.8 Å². The van der Waals surface area contributed by atoms with Gasteiger partial charge in [-0.2, -0.15) is 23.0 Å². The Balaban J connectivity index is 1.22. The number of fused-ring (bicyclic) bond motifs is 1. The predicted molar refractivity (Wildman–Crippen MR) is 147 cm³/mol. The molecule has 0 atom stereocenters. The van der Waals surface area contributed by atoms with E-state index in [1.54, 1.807) is 6.20 Å². The Bertz CT molecular complexity index is 1570. The lowest BCUT2D eigenvalue weighted by molar-refractivity contribution is -0.140. The predicted octanol–water partition coefficient (Wildman–Crippen LogP) is 5.26. The van der Waals surface area contributed by atoms with Crippen molar-refractivity contribution < 1.29 is 22.3 Å². The average molecular weight is 565 g/mol. The van der Waals surface area contributed by atoms with E-state index in [0.717, 1.165) is 12.1 Å². The summed E-state index contributed by atoms with van der Waals surface area (Å²) in [6.45, 7) is 2.37. The van der Waals surface area contributed by atoms with Crippen LogP contribution in [0.2, 0.25) is 0 Å². The Morgan fingerprint density at radius 2 is 1.54 bits per heavy atom. The smallest absolute Gasteiger partial charge is 0.419 e. The number of hydrogen-bond donors (Lipinski definition) is 0. The lowest BCUT2D eigenvalue weighted by atomic mass is 10.1. The Morgan fingerprint density at radius 1 is 0.878 bits per heavy atom. The van der Waals surface area contributed by atoms with Gasteiger partial charge in [-0.3, -0.25) is 9.69 Å². The molecule has 1 aliphatic heterocycles. The van der Waals surface area contributed by atoms with Crippen LogP contribution < -0.4 is 15.2 Å². The first kappa shape index (κ1) is 27.0. The number of alkyl halides is 3. The van der Waals surface area contributed by atoms with Gasteiger partial charge in [0, 0.05) is 45.6 Å². The first-order valence-corrected chi connectivity index (χ1v) is 13.5. The van der Waals surface area contributed by atoms with Crippen molar-refractivity contribution in [3.63, 3.8) is 0 Å². The molecule has 0 spiro atoms. The zero-order chi connectivity index (χ0) is 28.6. The molecule has 4 aromatic rings. The van der Waals surface area contributed by atoms with Gasteiger partial charge < -0.3 is 9.64 Å². The van der Waals surface area contributed by atoms with Crippen molar-refractivity contribution in [2.24, 2.45) is 0 Å². The molecule has 0 radical (unpaired) electrons. The number of ether oxygens (including phenoxy) is 1. The minimum Gasteiger partial charge on any atom is -0.482 e. The second-order valence-electron chi connectivity index (χ2n) is 10.4. The van der Waals surface area contributed by atoms with Crippen LogP contribution in [0.4, 0.5) is 23.2 Å². The molecule has 212 valence electrons. The van der Waals surface area contributed by atoms with Gasteiger partial charge in [-0.15, -0.1) is 0 Å². The molecule has 2 heterocycles. The minimum atomic E-state index is -4.75. The van der Waals surface area contributed by atoms with Gasteiger partial charge in [0.15, 0.2) is 0 Å². The number of nitrogens with zero attached hydrogens (tertiary/aromatic N) is 4. The molecule has 1 saturated heterocycles. The fraction of sp³-hybridized carbons (Fsp3) is 0.290. The molecule has 10 heteroatoms.